The van der Waals surface area contributed by atoms with E-state index in [0.29, 0.717) is 30.1 Å². The summed E-state index contributed by atoms with van der Waals surface area (Å²) in [7, 11) is 0. The number of anilines is 2. The highest BCUT2D eigenvalue weighted by molar-refractivity contribution is 6.10. The SMILES string of the molecule is Nc1ncccc1C(=O)c1cccc(N2CCCN(C(=O)CC3CCCCC3)CC2)n1. The first-order chi connectivity index (χ1) is 15.1. The van der Waals surface area contributed by atoms with Crippen LogP contribution in [0.15, 0.2) is 36.5 Å². The van der Waals surface area contributed by atoms with E-state index in [9.17, 15) is 9.59 Å². The number of nitrogen functional groups attached to an aromatic ring is 1. The zero-order chi connectivity index (χ0) is 21.6. The van der Waals surface area contributed by atoms with Crippen molar-refractivity contribution in [3.63, 3.8) is 0 Å². The number of hydrogen-bond donors (Lipinski definition) is 1. The normalized spacial score (nSPS) is 17.9. The molecule has 31 heavy (non-hydrogen) atoms. The van der Waals surface area contributed by atoms with E-state index in [1.807, 2.05) is 17.0 Å². The molecule has 7 nitrogen and oxygen atoms in total. The Morgan fingerprint density at radius 2 is 1.81 bits per heavy atom. The van der Waals surface area contributed by atoms with E-state index in [-0.39, 0.29) is 17.5 Å². The molecule has 164 valence electrons. The highest BCUT2D eigenvalue weighted by Crippen LogP contribution is 2.27. The van der Waals surface area contributed by atoms with Crippen molar-refractivity contribution in [1.82, 2.24) is 14.9 Å². The number of ketones is 1. The van der Waals surface area contributed by atoms with Crippen LogP contribution in [0.25, 0.3) is 0 Å². The molecule has 1 aliphatic carbocycles. The maximum atomic E-state index is 12.8. The zero-order valence-corrected chi connectivity index (χ0v) is 18.0. The number of amides is 1. The fourth-order valence-electron chi connectivity index (χ4n) is 4.64. The highest BCUT2D eigenvalue weighted by atomic mass is 16.2. The quantitative estimate of drug-likeness (QED) is 0.745. The minimum absolute atomic E-state index is 0.210. The molecule has 0 bridgehead atoms. The molecule has 0 aromatic carbocycles. The van der Waals surface area contributed by atoms with Crippen LogP contribution >= 0.6 is 0 Å². The van der Waals surface area contributed by atoms with Crippen LogP contribution in [0, 0.1) is 5.92 Å². The largest absolute Gasteiger partial charge is 0.383 e. The maximum Gasteiger partial charge on any atom is 0.222 e. The predicted molar refractivity (Wildman–Crippen MR) is 121 cm³/mol. The summed E-state index contributed by atoms with van der Waals surface area (Å²) in [5, 5.41) is 0. The number of nitrogens with two attached hydrogens (primary N) is 1. The third-order valence-corrected chi connectivity index (χ3v) is 6.41. The Labute approximate surface area is 183 Å². The highest BCUT2D eigenvalue weighted by Gasteiger charge is 2.24. The third kappa shape index (κ3) is 5.21. The van der Waals surface area contributed by atoms with E-state index >= 15 is 0 Å². The minimum atomic E-state index is -0.230. The van der Waals surface area contributed by atoms with Gasteiger partial charge in [-0.25, -0.2) is 9.97 Å². The van der Waals surface area contributed by atoms with Gasteiger partial charge in [0, 0.05) is 38.8 Å². The molecule has 2 aromatic rings. The molecule has 1 aliphatic heterocycles. The summed E-state index contributed by atoms with van der Waals surface area (Å²) in [5.41, 5.74) is 6.58. The summed E-state index contributed by atoms with van der Waals surface area (Å²) in [6, 6.07) is 8.83. The molecule has 0 radical (unpaired) electrons. The summed E-state index contributed by atoms with van der Waals surface area (Å²) >= 11 is 0. The van der Waals surface area contributed by atoms with Crippen LogP contribution in [0.5, 0.6) is 0 Å². The molecule has 1 amide bonds. The number of rotatable bonds is 5. The standard InChI is InChI=1S/C24H31N5O2/c25-24-19(9-5-12-26-24)23(31)20-10-4-11-21(27-20)28-13-6-14-29(16-15-28)22(30)17-18-7-2-1-3-8-18/h4-5,9-12,18H,1-3,6-8,13-17H2,(H2,25,26). The fraction of sp³-hybridized carbons (Fsp3) is 0.500. The molecule has 0 atom stereocenters. The molecule has 2 fully saturated rings. The van der Waals surface area contributed by atoms with E-state index in [2.05, 4.69) is 14.9 Å². The van der Waals surface area contributed by atoms with Crippen molar-refractivity contribution in [2.45, 2.75) is 44.9 Å². The van der Waals surface area contributed by atoms with Crippen molar-refractivity contribution in [3.05, 3.63) is 47.8 Å². The van der Waals surface area contributed by atoms with E-state index in [0.717, 1.165) is 31.9 Å². The van der Waals surface area contributed by atoms with Gasteiger partial charge in [0.1, 0.15) is 17.3 Å². The summed E-state index contributed by atoms with van der Waals surface area (Å²) < 4.78 is 0. The number of nitrogens with zero attached hydrogens (tertiary/aromatic N) is 4. The average Bonchev–Trinajstić information content (AvgIpc) is 3.06. The Hall–Kier alpha value is -2.96. The van der Waals surface area contributed by atoms with E-state index in [4.69, 9.17) is 5.73 Å². The van der Waals surface area contributed by atoms with Gasteiger partial charge in [0.15, 0.2) is 0 Å². The predicted octanol–water partition coefficient (Wildman–Crippen LogP) is 3.30. The molecular formula is C24H31N5O2. The molecule has 0 spiro atoms. The number of aromatic nitrogens is 2. The second-order valence-corrected chi connectivity index (χ2v) is 8.58. The molecule has 1 saturated carbocycles. The first kappa shape index (κ1) is 21.3. The van der Waals surface area contributed by atoms with E-state index in [1.165, 1.54) is 32.1 Å². The summed E-state index contributed by atoms with van der Waals surface area (Å²) in [4.78, 5) is 38.5. The molecule has 0 unspecified atom stereocenters. The molecule has 3 heterocycles. The van der Waals surface area contributed by atoms with Gasteiger partial charge in [-0.05, 0) is 49.4 Å². The van der Waals surface area contributed by atoms with Gasteiger partial charge in [0.25, 0.3) is 0 Å². The van der Waals surface area contributed by atoms with Gasteiger partial charge in [0.05, 0.1) is 5.56 Å². The van der Waals surface area contributed by atoms with Crippen molar-refractivity contribution < 1.29 is 9.59 Å². The Morgan fingerprint density at radius 3 is 2.61 bits per heavy atom. The third-order valence-electron chi connectivity index (χ3n) is 6.41. The second-order valence-electron chi connectivity index (χ2n) is 8.58. The Balaban J connectivity index is 1.40. The van der Waals surface area contributed by atoms with Gasteiger partial charge in [0.2, 0.25) is 11.7 Å². The van der Waals surface area contributed by atoms with Crippen LogP contribution in [0.1, 0.15) is 61.0 Å². The maximum absolute atomic E-state index is 12.8. The Morgan fingerprint density at radius 1 is 0.968 bits per heavy atom. The Kier molecular flexibility index (Phi) is 6.79. The van der Waals surface area contributed by atoms with Gasteiger partial charge in [-0.1, -0.05) is 25.3 Å². The van der Waals surface area contributed by atoms with Crippen LogP contribution in [-0.2, 0) is 4.79 Å². The lowest BCUT2D eigenvalue weighted by Gasteiger charge is -2.26. The first-order valence-corrected chi connectivity index (χ1v) is 11.4. The number of pyridine rings is 2. The number of carbonyl (C=O) groups is 2. The Bertz CT molecular complexity index is 926. The van der Waals surface area contributed by atoms with Crippen molar-refractivity contribution in [2.24, 2.45) is 5.92 Å². The van der Waals surface area contributed by atoms with Crippen molar-refractivity contribution in [1.29, 1.82) is 0 Å². The van der Waals surface area contributed by atoms with Crippen LogP contribution in [0.2, 0.25) is 0 Å². The monoisotopic (exact) mass is 421 g/mol. The van der Waals surface area contributed by atoms with Gasteiger partial charge >= 0.3 is 0 Å². The summed E-state index contributed by atoms with van der Waals surface area (Å²) in [6.07, 6.45) is 9.37. The molecule has 2 N–H and O–H groups in total. The second kappa shape index (κ2) is 9.90. The van der Waals surface area contributed by atoms with Crippen LogP contribution in [0.3, 0.4) is 0 Å². The van der Waals surface area contributed by atoms with E-state index in [1.54, 1.807) is 24.4 Å². The number of carbonyl (C=O) groups excluding carboxylic acids is 2. The lowest BCUT2D eigenvalue weighted by atomic mass is 9.86. The molecule has 2 aliphatic rings. The molecule has 7 heteroatoms. The van der Waals surface area contributed by atoms with Gasteiger partial charge in [-0.3, -0.25) is 9.59 Å². The van der Waals surface area contributed by atoms with Crippen LogP contribution in [-0.4, -0.2) is 52.7 Å². The van der Waals surface area contributed by atoms with Crippen molar-refractivity contribution in [2.75, 3.05) is 36.8 Å². The first-order valence-electron chi connectivity index (χ1n) is 11.4. The molecule has 2 aromatic heterocycles. The van der Waals surface area contributed by atoms with E-state index < -0.39 is 0 Å². The average molecular weight is 422 g/mol. The van der Waals surface area contributed by atoms with Gasteiger partial charge in [-0.15, -0.1) is 0 Å². The minimum Gasteiger partial charge on any atom is -0.383 e. The lowest BCUT2D eigenvalue weighted by molar-refractivity contribution is -0.132. The molecule has 4 rings (SSSR count). The summed E-state index contributed by atoms with van der Waals surface area (Å²) in [6.45, 7) is 3.01. The van der Waals surface area contributed by atoms with Crippen molar-refractivity contribution >= 4 is 23.3 Å². The summed E-state index contributed by atoms with van der Waals surface area (Å²) in [5.74, 6) is 1.59. The van der Waals surface area contributed by atoms with Gasteiger partial charge < -0.3 is 15.5 Å². The van der Waals surface area contributed by atoms with Crippen LogP contribution in [0.4, 0.5) is 11.6 Å². The molecular weight excluding hydrogens is 390 g/mol. The number of hydrogen-bond acceptors (Lipinski definition) is 6. The fourth-order valence-corrected chi connectivity index (χ4v) is 4.64. The topological polar surface area (TPSA) is 92.4 Å². The van der Waals surface area contributed by atoms with Crippen LogP contribution < -0.4 is 10.6 Å². The van der Waals surface area contributed by atoms with Gasteiger partial charge in [-0.2, -0.15) is 0 Å². The lowest BCUT2D eigenvalue weighted by Crippen LogP contribution is -2.36. The molecule has 1 saturated heterocycles. The zero-order valence-electron chi connectivity index (χ0n) is 18.0. The smallest absolute Gasteiger partial charge is 0.222 e. The van der Waals surface area contributed by atoms with Crippen molar-refractivity contribution in [3.8, 4) is 0 Å².